The zero-order chi connectivity index (χ0) is 28.8. The van der Waals surface area contributed by atoms with Crippen LogP contribution in [0.4, 0.5) is 20.4 Å². The molecule has 0 bridgehead atoms. The maximum absolute atomic E-state index is 15.1. The fourth-order valence-corrected chi connectivity index (χ4v) is 4.36. The third kappa shape index (κ3) is 6.35. The van der Waals surface area contributed by atoms with Crippen LogP contribution in [0.5, 0.6) is 11.6 Å². The maximum atomic E-state index is 15.1. The molecule has 40 heavy (non-hydrogen) atoms. The number of hydrogen-bond donors (Lipinski definition) is 3. The molecule has 1 aromatic carbocycles. The average molecular weight is 553 g/mol. The van der Waals surface area contributed by atoms with Crippen molar-refractivity contribution >= 4 is 28.4 Å². The summed E-state index contributed by atoms with van der Waals surface area (Å²) in [4.78, 5) is 32.9. The lowest BCUT2D eigenvalue weighted by Gasteiger charge is -2.32. The number of aromatic amines is 1. The van der Waals surface area contributed by atoms with Crippen LogP contribution in [0.2, 0.25) is 0 Å². The summed E-state index contributed by atoms with van der Waals surface area (Å²) in [7, 11) is 3.55. The average Bonchev–Trinajstić information content (AvgIpc) is 3.37. The first kappa shape index (κ1) is 28.8. The fourth-order valence-electron chi connectivity index (χ4n) is 4.36. The molecule has 4 aromatic rings. The van der Waals surface area contributed by atoms with Gasteiger partial charge in [0, 0.05) is 63.1 Å². The molecule has 1 aliphatic rings. The molecule has 12 heteroatoms. The first-order valence-electron chi connectivity index (χ1n) is 13.2. The number of hydrogen-bond acceptors (Lipinski definition) is 8. The van der Waals surface area contributed by atoms with Crippen molar-refractivity contribution in [1.82, 2.24) is 35.1 Å². The number of nitrogens with one attached hydrogen (secondary N) is 3. The van der Waals surface area contributed by atoms with Gasteiger partial charge in [-0.3, -0.25) is 9.69 Å². The van der Waals surface area contributed by atoms with Gasteiger partial charge in [-0.05, 0) is 31.7 Å². The molecule has 5 rings (SSSR count). The lowest BCUT2D eigenvalue weighted by Crippen LogP contribution is -2.43. The monoisotopic (exact) mass is 552 g/mol. The van der Waals surface area contributed by atoms with Crippen LogP contribution in [0.3, 0.4) is 0 Å². The fraction of sp³-hybridized carbons (Fsp3) is 0.357. The number of likely N-dealkylation sites (N-methyl/N-ethyl adjacent to an activating group) is 1. The topological polar surface area (TPSA) is 111 Å². The van der Waals surface area contributed by atoms with Gasteiger partial charge in [0.25, 0.3) is 5.91 Å². The number of halogens is 2. The van der Waals surface area contributed by atoms with Crippen LogP contribution >= 0.6 is 0 Å². The number of benzene rings is 1. The molecule has 3 aromatic heterocycles. The third-order valence-corrected chi connectivity index (χ3v) is 6.45. The largest absolute Gasteiger partial charge is 0.435 e. The van der Waals surface area contributed by atoms with Gasteiger partial charge in [0.2, 0.25) is 5.88 Å². The zero-order valence-electron chi connectivity index (χ0n) is 23.3. The number of carbonyl (C=O) groups excluding carboxylic acids is 1. The highest BCUT2D eigenvalue weighted by molar-refractivity contribution is 6.01. The summed E-state index contributed by atoms with van der Waals surface area (Å²) in [5, 5.41) is 5.56. The molecule has 0 aliphatic carbocycles. The summed E-state index contributed by atoms with van der Waals surface area (Å²) in [6.45, 7) is 10.5. The van der Waals surface area contributed by atoms with Crippen molar-refractivity contribution in [2.75, 3.05) is 45.6 Å². The van der Waals surface area contributed by atoms with E-state index < -0.39 is 23.3 Å². The smallest absolute Gasteiger partial charge is 0.260 e. The van der Waals surface area contributed by atoms with E-state index in [-0.39, 0.29) is 28.2 Å². The molecular weight excluding hydrogens is 518 g/mol. The van der Waals surface area contributed by atoms with Gasteiger partial charge in [-0.15, -0.1) is 0 Å². The number of carbonyl (C=O) groups is 1. The quantitative estimate of drug-likeness (QED) is 0.305. The van der Waals surface area contributed by atoms with Gasteiger partial charge < -0.3 is 25.3 Å². The van der Waals surface area contributed by atoms with E-state index >= 15 is 4.39 Å². The Morgan fingerprint density at radius 2 is 1.85 bits per heavy atom. The molecule has 1 amide bonds. The van der Waals surface area contributed by atoms with Crippen LogP contribution < -0.4 is 15.4 Å². The number of ether oxygens (including phenoxy) is 1. The Labute approximate surface area is 231 Å². The molecule has 4 heterocycles. The van der Waals surface area contributed by atoms with Gasteiger partial charge in [-0.2, -0.15) is 0 Å². The number of rotatable bonds is 7. The van der Waals surface area contributed by atoms with Gasteiger partial charge in [-0.1, -0.05) is 19.9 Å². The Balaban J connectivity index is 0.00000181. The van der Waals surface area contributed by atoms with Crippen LogP contribution in [0.25, 0.3) is 10.9 Å². The van der Waals surface area contributed by atoms with Gasteiger partial charge in [0.1, 0.15) is 17.7 Å². The van der Waals surface area contributed by atoms with Crippen molar-refractivity contribution in [3.8, 4) is 11.6 Å². The number of H-pyrrole nitrogens is 1. The highest BCUT2D eigenvalue weighted by atomic mass is 19.1. The first-order valence-corrected chi connectivity index (χ1v) is 13.2. The molecule has 3 N–H and O–H groups in total. The first-order chi connectivity index (χ1) is 19.3. The molecule has 0 spiro atoms. The van der Waals surface area contributed by atoms with Gasteiger partial charge in [-0.25, -0.2) is 23.7 Å². The number of fused-ring (bicyclic) bond motifs is 1. The Bertz CT molecular complexity index is 1470. The van der Waals surface area contributed by atoms with E-state index in [9.17, 15) is 9.18 Å². The summed E-state index contributed by atoms with van der Waals surface area (Å²) in [5.41, 5.74) is 1.61. The molecule has 0 atom stereocenters. The second kappa shape index (κ2) is 12.8. The van der Waals surface area contributed by atoms with E-state index in [2.05, 4.69) is 47.4 Å². The standard InChI is InChI=1S/C26H28F2N8O2.C2H6/c1-15-10-17-22(28)19(11-18(27)23(17)33-15)38-26-21(25(37)29-2)24(31-14-32-26)34-20-5-4-16(12-30-20)13-36-8-6-35(3)7-9-36;1-2/h4-5,10-12,14,33H,6-9,13H2,1-3H3,(H,29,37)(H,30,31,32,34);1-2H3. The predicted molar refractivity (Wildman–Crippen MR) is 150 cm³/mol. The third-order valence-electron chi connectivity index (χ3n) is 6.45. The van der Waals surface area contributed by atoms with E-state index in [4.69, 9.17) is 4.74 Å². The molecule has 0 radical (unpaired) electrons. The zero-order valence-corrected chi connectivity index (χ0v) is 23.3. The minimum Gasteiger partial charge on any atom is -0.435 e. The van der Waals surface area contributed by atoms with Crippen molar-refractivity contribution < 1.29 is 18.3 Å². The van der Waals surface area contributed by atoms with Crippen molar-refractivity contribution in [2.24, 2.45) is 0 Å². The van der Waals surface area contributed by atoms with E-state index in [0.29, 0.717) is 11.5 Å². The van der Waals surface area contributed by atoms with Crippen molar-refractivity contribution in [2.45, 2.75) is 27.3 Å². The minimum atomic E-state index is -0.778. The van der Waals surface area contributed by atoms with Crippen molar-refractivity contribution in [3.05, 3.63) is 65.2 Å². The van der Waals surface area contributed by atoms with Gasteiger partial charge >= 0.3 is 0 Å². The molecule has 10 nitrogen and oxygen atoms in total. The minimum absolute atomic E-state index is 0.0334. The lowest BCUT2D eigenvalue weighted by molar-refractivity contribution is 0.0960. The van der Waals surface area contributed by atoms with Crippen molar-refractivity contribution in [1.29, 1.82) is 0 Å². The summed E-state index contributed by atoms with van der Waals surface area (Å²) in [6, 6.07) is 6.14. The molecule has 1 fully saturated rings. The highest BCUT2D eigenvalue weighted by Crippen LogP contribution is 2.34. The summed E-state index contributed by atoms with van der Waals surface area (Å²) >= 11 is 0. The Hall–Kier alpha value is -4.16. The van der Waals surface area contributed by atoms with Crippen LogP contribution in [-0.2, 0) is 6.54 Å². The van der Waals surface area contributed by atoms with Crippen LogP contribution in [0.1, 0.15) is 35.5 Å². The lowest BCUT2D eigenvalue weighted by atomic mass is 10.2. The SMILES string of the molecule is CC.CNC(=O)c1c(Nc2ccc(CN3CCN(C)CC3)cn2)ncnc1Oc1cc(F)c2[nH]c(C)cc2c1F. The summed E-state index contributed by atoms with van der Waals surface area (Å²) < 4.78 is 35.4. The number of aromatic nitrogens is 4. The predicted octanol–water partition coefficient (Wildman–Crippen LogP) is 4.61. The Morgan fingerprint density at radius 1 is 1.10 bits per heavy atom. The summed E-state index contributed by atoms with van der Waals surface area (Å²) in [5.74, 6) is -2.14. The number of pyridine rings is 1. The van der Waals surface area contributed by atoms with Crippen LogP contribution in [-0.4, -0.2) is 75.9 Å². The Morgan fingerprint density at radius 3 is 2.52 bits per heavy atom. The number of amides is 1. The van der Waals surface area contributed by atoms with E-state index in [0.717, 1.165) is 44.4 Å². The molecule has 1 aliphatic heterocycles. The molecule has 0 unspecified atom stereocenters. The van der Waals surface area contributed by atoms with E-state index in [1.807, 2.05) is 19.9 Å². The highest BCUT2D eigenvalue weighted by Gasteiger charge is 2.24. The normalized spacial score (nSPS) is 14.0. The van der Waals surface area contributed by atoms with Crippen LogP contribution in [0, 0.1) is 18.6 Å². The maximum Gasteiger partial charge on any atom is 0.260 e. The number of nitrogens with zero attached hydrogens (tertiary/aromatic N) is 5. The van der Waals surface area contributed by atoms with Crippen molar-refractivity contribution in [3.63, 3.8) is 0 Å². The summed E-state index contributed by atoms with van der Waals surface area (Å²) in [6.07, 6.45) is 2.93. The molecular formula is C28H34F2N8O2. The van der Waals surface area contributed by atoms with Gasteiger partial charge in [0.15, 0.2) is 23.2 Å². The number of piperazine rings is 1. The molecule has 0 saturated carbocycles. The van der Waals surface area contributed by atoms with E-state index in [1.165, 1.54) is 19.4 Å². The van der Waals surface area contributed by atoms with Gasteiger partial charge in [0.05, 0.1) is 5.52 Å². The van der Waals surface area contributed by atoms with Crippen LogP contribution in [0.15, 0.2) is 36.8 Å². The molecule has 212 valence electrons. The molecule has 1 saturated heterocycles. The second-order valence-corrected chi connectivity index (χ2v) is 9.25. The number of aryl methyl sites for hydroxylation is 1. The Kier molecular flexibility index (Phi) is 9.22. The van der Waals surface area contributed by atoms with E-state index in [1.54, 1.807) is 19.2 Å². The number of anilines is 2. The second-order valence-electron chi connectivity index (χ2n) is 9.25.